The molecule has 0 bridgehead atoms. The highest BCUT2D eigenvalue weighted by atomic mass is 79.9. The highest BCUT2D eigenvalue weighted by Gasteiger charge is 2.07. The number of imidazole rings is 1. The van der Waals surface area contributed by atoms with Gasteiger partial charge in [0.1, 0.15) is 5.75 Å². The largest absolute Gasteiger partial charge is 0.494 e. The molecule has 0 amide bonds. The van der Waals surface area contributed by atoms with E-state index in [1.807, 2.05) is 55.5 Å². The van der Waals surface area contributed by atoms with Crippen LogP contribution in [-0.2, 0) is 0 Å². The predicted molar refractivity (Wildman–Crippen MR) is 90.7 cm³/mol. The summed E-state index contributed by atoms with van der Waals surface area (Å²) in [6.07, 6.45) is 1.81. The molecule has 1 heterocycles. The van der Waals surface area contributed by atoms with Crippen LogP contribution in [0.2, 0.25) is 0 Å². The standard InChI is InChI=1S/C17H15BrN2O2/c1-2-22-15-9-7-14(8-10-15)20-11-16(19-17(20)21)12-3-5-13(18)6-4-12/h3-11H,2H2,1H3,(H,19,21). The molecule has 0 aliphatic carbocycles. The number of ether oxygens (including phenoxy) is 1. The van der Waals surface area contributed by atoms with Gasteiger partial charge in [-0.15, -0.1) is 0 Å². The first-order chi connectivity index (χ1) is 10.7. The Morgan fingerprint density at radius 1 is 1.09 bits per heavy atom. The number of aromatic nitrogens is 2. The Bertz CT molecular complexity index is 817. The van der Waals surface area contributed by atoms with Crippen molar-refractivity contribution in [3.05, 3.63) is 69.7 Å². The summed E-state index contributed by atoms with van der Waals surface area (Å²) in [4.78, 5) is 15.0. The van der Waals surface area contributed by atoms with Crippen molar-refractivity contribution in [2.24, 2.45) is 0 Å². The van der Waals surface area contributed by atoms with Crippen LogP contribution in [0.3, 0.4) is 0 Å². The topological polar surface area (TPSA) is 47.0 Å². The molecule has 0 fully saturated rings. The van der Waals surface area contributed by atoms with E-state index in [0.29, 0.717) is 6.61 Å². The zero-order valence-electron chi connectivity index (χ0n) is 12.0. The Morgan fingerprint density at radius 2 is 1.77 bits per heavy atom. The van der Waals surface area contributed by atoms with Crippen LogP contribution >= 0.6 is 15.9 Å². The van der Waals surface area contributed by atoms with Crippen molar-refractivity contribution in [3.63, 3.8) is 0 Å². The lowest BCUT2D eigenvalue weighted by atomic mass is 10.2. The quantitative estimate of drug-likeness (QED) is 0.766. The molecule has 0 saturated heterocycles. The summed E-state index contributed by atoms with van der Waals surface area (Å²) >= 11 is 3.40. The van der Waals surface area contributed by atoms with Gasteiger partial charge in [-0.2, -0.15) is 0 Å². The average Bonchev–Trinajstić information content (AvgIpc) is 2.91. The number of halogens is 1. The molecule has 0 radical (unpaired) electrons. The van der Waals surface area contributed by atoms with Crippen LogP contribution in [0.1, 0.15) is 6.92 Å². The van der Waals surface area contributed by atoms with Gasteiger partial charge < -0.3 is 9.72 Å². The molecule has 3 aromatic rings. The maximum atomic E-state index is 12.2. The first-order valence-electron chi connectivity index (χ1n) is 6.98. The van der Waals surface area contributed by atoms with E-state index in [2.05, 4.69) is 20.9 Å². The van der Waals surface area contributed by atoms with Gasteiger partial charge in [-0.05, 0) is 48.9 Å². The Balaban J connectivity index is 1.95. The Morgan fingerprint density at radius 3 is 2.41 bits per heavy atom. The van der Waals surface area contributed by atoms with Crippen molar-refractivity contribution < 1.29 is 4.74 Å². The van der Waals surface area contributed by atoms with Crippen LogP contribution in [0.4, 0.5) is 0 Å². The predicted octanol–water partition coefficient (Wildman–Crippen LogP) is 3.99. The second-order valence-corrected chi connectivity index (χ2v) is 5.69. The summed E-state index contributed by atoms with van der Waals surface area (Å²) < 4.78 is 8.01. The van der Waals surface area contributed by atoms with Crippen molar-refractivity contribution in [1.82, 2.24) is 9.55 Å². The van der Waals surface area contributed by atoms with E-state index in [9.17, 15) is 4.79 Å². The van der Waals surface area contributed by atoms with Gasteiger partial charge in [0.05, 0.1) is 18.0 Å². The third-order valence-electron chi connectivity index (χ3n) is 3.30. The van der Waals surface area contributed by atoms with Crippen molar-refractivity contribution in [2.75, 3.05) is 6.61 Å². The maximum absolute atomic E-state index is 12.2. The maximum Gasteiger partial charge on any atom is 0.330 e. The first kappa shape index (κ1) is 14.7. The van der Waals surface area contributed by atoms with Crippen LogP contribution in [0.25, 0.3) is 16.9 Å². The Labute approximate surface area is 136 Å². The molecule has 0 aliphatic rings. The number of aromatic amines is 1. The van der Waals surface area contributed by atoms with Gasteiger partial charge >= 0.3 is 5.69 Å². The highest BCUT2D eigenvalue weighted by Crippen LogP contribution is 2.21. The number of benzene rings is 2. The summed E-state index contributed by atoms with van der Waals surface area (Å²) in [5.41, 5.74) is 2.38. The van der Waals surface area contributed by atoms with E-state index in [4.69, 9.17) is 4.74 Å². The number of nitrogens with zero attached hydrogens (tertiary/aromatic N) is 1. The van der Waals surface area contributed by atoms with Crippen molar-refractivity contribution in [3.8, 4) is 22.7 Å². The van der Waals surface area contributed by atoms with Crippen molar-refractivity contribution in [2.45, 2.75) is 6.92 Å². The summed E-state index contributed by atoms with van der Waals surface area (Å²) in [5.74, 6) is 0.794. The summed E-state index contributed by atoms with van der Waals surface area (Å²) in [5, 5.41) is 0. The summed E-state index contributed by atoms with van der Waals surface area (Å²) in [7, 11) is 0. The Hall–Kier alpha value is -2.27. The molecule has 3 rings (SSSR count). The smallest absolute Gasteiger partial charge is 0.330 e. The first-order valence-corrected chi connectivity index (χ1v) is 7.77. The molecule has 0 atom stereocenters. The normalized spacial score (nSPS) is 10.6. The van der Waals surface area contributed by atoms with Crippen LogP contribution in [0, 0.1) is 0 Å². The fourth-order valence-corrected chi connectivity index (χ4v) is 2.50. The van der Waals surface area contributed by atoms with Gasteiger partial charge in [-0.1, -0.05) is 28.1 Å². The molecule has 0 aliphatic heterocycles. The minimum atomic E-state index is -0.165. The second kappa shape index (κ2) is 6.23. The minimum absolute atomic E-state index is 0.165. The van der Waals surface area contributed by atoms with E-state index in [-0.39, 0.29) is 5.69 Å². The van der Waals surface area contributed by atoms with Crippen molar-refractivity contribution in [1.29, 1.82) is 0 Å². The average molecular weight is 359 g/mol. The highest BCUT2D eigenvalue weighted by molar-refractivity contribution is 9.10. The molecule has 5 heteroatoms. The Kier molecular flexibility index (Phi) is 4.15. The zero-order valence-corrected chi connectivity index (χ0v) is 13.6. The van der Waals surface area contributed by atoms with Crippen molar-refractivity contribution >= 4 is 15.9 Å². The van der Waals surface area contributed by atoms with E-state index in [0.717, 1.165) is 27.2 Å². The van der Waals surface area contributed by atoms with E-state index in [1.54, 1.807) is 10.8 Å². The van der Waals surface area contributed by atoms with Gasteiger partial charge in [-0.3, -0.25) is 4.57 Å². The molecule has 0 spiro atoms. The number of rotatable bonds is 4. The lowest BCUT2D eigenvalue weighted by Crippen LogP contribution is -2.13. The fraction of sp³-hybridized carbons (Fsp3) is 0.118. The lowest BCUT2D eigenvalue weighted by Gasteiger charge is -2.04. The second-order valence-electron chi connectivity index (χ2n) is 4.78. The SMILES string of the molecule is CCOc1ccc(-n2cc(-c3ccc(Br)cc3)[nH]c2=O)cc1. The molecule has 4 nitrogen and oxygen atoms in total. The molecule has 1 aromatic heterocycles. The molecule has 0 saturated carbocycles. The van der Waals surface area contributed by atoms with E-state index in [1.165, 1.54) is 0 Å². The molecule has 0 unspecified atom stereocenters. The van der Waals surface area contributed by atoms with Crippen LogP contribution in [-0.4, -0.2) is 16.2 Å². The third kappa shape index (κ3) is 2.99. The number of hydrogen-bond donors (Lipinski definition) is 1. The zero-order chi connectivity index (χ0) is 15.5. The van der Waals surface area contributed by atoms with Gasteiger partial charge in [0, 0.05) is 10.7 Å². The number of nitrogens with one attached hydrogen (secondary N) is 1. The fourth-order valence-electron chi connectivity index (χ4n) is 2.23. The number of H-pyrrole nitrogens is 1. The summed E-state index contributed by atoms with van der Waals surface area (Å²) in [6, 6.07) is 15.3. The van der Waals surface area contributed by atoms with Crippen LogP contribution in [0.15, 0.2) is 64.0 Å². The lowest BCUT2D eigenvalue weighted by molar-refractivity contribution is 0.340. The minimum Gasteiger partial charge on any atom is -0.494 e. The molecular weight excluding hydrogens is 344 g/mol. The van der Waals surface area contributed by atoms with E-state index < -0.39 is 0 Å². The van der Waals surface area contributed by atoms with Gasteiger partial charge in [0.15, 0.2) is 0 Å². The monoisotopic (exact) mass is 358 g/mol. The van der Waals surface area contributed by atoms with Gasteiger partial charge in [-0.25, -0.2) is 4.79 Å². The van der Waals surface area contributed by atoms with E-state index >= 15 is 0 Å². The van der Waals surface area contributed by atoms with Crippen LogP contribution in [0.5, 0.6) is 5.75 Å². The van der Waals surface area contributed by atoms with Crippen LogP contribution < -0.4 is 10.4 Å². The molecule has 112 valence electrons. The van der Waals surface area contributed by atoms with Gasteiger partial charge in [0.25, 0.3) is 0 Å². The molecule has 1 N–H and O–H groups in total. The molecule has 22 heavy (non-hydrogen) atoms. The summed E-state index contributed by atoms with van der Waals surface area (Å²) in [6.45, 7) is 2.56. The number of hydrogen-bond acceptors (Lipinski definition) is 2. The molecule has 2 aromatic carbocycles. The molecular formula is C17H15BrN2O2. The third-order valence-corrected chi connectivity index (χ3v) is 3.83. The van der Waals surface area contributed by atoms with Gasteiger partial charge in [0.2, 0.25) is 0 Å².